The van der Waals surface area contributed by atoms with Crippen LogP contribution >= 0.6 is 0 Å². The summed E-state index contributed by atoms with van der Waals surface area (Å²) in [5.41, 5.74) is 1.77. The first-order valence-corrected chi connectivity index (χ1v) is 4.49. The van der Waals surface area contributed by atoms with Gasteiger partial charge in [0, 0.05) is 17.3 Å². The summed E-state index contributed by atoms with van der Waals surface area (Å²) in [6.07, 6.45) is 6.76. The van der Waals surface area contributed by atoms with E-state index in [4.69, 9.17) is 6.42 Å². The lowest BCUT2D eigenvalue weighted by atomic mass is 10.1. The first-order chi connectivity index (χ1) is 7.31. The van der Waals surface area contributed by atoms with Crippen molar-refractivity contribution in [3.63, 3.8) is 0 Å². The third kappa shape index (κ3) is 1.87. The monoisotopic (exact) mass is 197 g/mol. The zero-order chi connectivity index (χ0) is 10.7. The van der Waals surface area contributed by atoms with Gasteiger partial charge in [-0.25, -0.2) is 4.39 Å². The molecule has 0 fully saturated rings. The molecular formula is C13H8FN. The van der Waals surface area contributed by atoms with E-state index < -0.39 is 0 Å². The quantitative estimate of drug-likeness (QED) is 0.640. The summed E-state index contributed by atoms with van der Waals surface area (Å²) in [4.78, 5) is 4.10. The molecule has 1 aromatic carbocycles. The number of terminal acetylenes is 1. The summed E-state index contributed by atoms with van der Waals surface area (Å²) in [5.74, 6) is 2.18. The fraction of sp³-hybridized carbons (Fsp3) is 0. The molecule has 2 rings (SSSR count). The molecule has 72 valence electrons. The number of benzene rings is 1. The maximum Gasteiger partial charge on any atom is 0.132 e. The van der Waals surface area contributed by atoms with Gasteiger partial charge in [0.1, 0.15) is 5.82 Å². The number of hydrogen-bond acceptors (Lipinski definition) is 1. The highest BCUT2D eigenvalue weighted by molar-refractivity contribution is 5.60. The number of rotatable bonds is 1. The fourth-order valence-corrected chi connectivity index (χ4v) is 1.31. The molecule has 0 atom stereocenters. The molecule has 0 N–H and O–H groups in total. The van der Waals surface area contributed by atoms with Gasteiger partial charge in [-0.1, -0.05) is 18.1 Å². The van der Waals surface area contributed by atoms with E-state index in [9.17, 15) is 4.39 Å². The van der Waals surface area contributed by atoms with Crippen molar-refractivity contribution in [3.8, 4) is 23.6 Å². The Bertz CT molecular complexity index is 509. The standard InChI is InChI=1S/C13H8FN/c1-2-10-7-8-13(15-9-10)11-5-3-4-6-12(11)14/h1,3-9H. The second-order valence-corrected chi connectivity index (χ2v) is 3.06. The Hall–Kier alpha value is -2.14. The molecule has 0 aliphatic rings. The van der Waals surface area contributed by atoms with Gasteiger partial charge in [-0.05, 0) is 24.3 Å². The summed E-state index contributed by atoms with van der Waals surface area (Å²) < 4.78 is 13.4. The van der Waals surface area contributed by atoms with Gasteiger partial charge in [0.15, 0.2) is 0 Å². The lowest BCUT2D eigenvalue weighted by Crippen LogP contribution is -1.87. The van der Waals surface area contributed by atoms with Crippen molar-refractivity contribution in [1.82, 2.24) is 4.98 Å². The van der Waals surface area contributed by atoms with E-state index >= 15 is 0 Å². The molecule has 2 heteroatoms. The molecule has 1 aromatic heterocycles. The summed E-state index contributed by atoms with van der Waals surface area (Å²) in [7, 11) is 0. The van der Waals surface area contributed by atoms with Gasteiger partial charge in [0.2, 0.25) is 0 Å². The van der Waals surface area contributed by atoms with Gasteiger partial charge in [0.25, 0.3) is 0 Å². The largest absolute Gasteiger partial charge is 0.255 e. The van der Waals surface area contributed by atoms with Gasteiger partial charge < -0.3 is 0 Å². The molecule has 1 heterocycles. The summed E-state index contributed by atoms with van der Waals surface area (Å²) in [5, 5.41) is 0. The smallest absolute Gasteiger partial charge is 0.132 e. The van der Waals surface area contributed by atoms with Gasteiger partial charge in [-0.3, -0.25) is 4.98 Å². The van der Waals surface area contributed by atoms with Gasteiger partial charge in [0.05, 0.1) is 5.69 Å². The van der Waals surface area contributed by atoms with Crippen LogP contribution in [0.15, 0.2) is 42.6 Å². The maximum absolute atomic E-state index is 13.4. The second-order valence-electron chi connectivity index (χ2n) is 3.06. The highest BCUT2D eigenvalue weighted by atomic mass is 19.1. The normalized spacial score (nSPS) is 9.60. The van der Waals surface area contributed by atoms with Crippen LogP contribution in [0.2, 0.25) is 0 Å². The molecule has 0 saturated heterocycles. The van der Waals surface area contributed by atoms with Crippen LogP contribution in [-0.4, -0.2) is 4.98 Å². The number of aromatic nitrogens is 1. The Kier molecular flexibility index (Phi) is 2.47. The van der Waals surface area contributed by atoms with Crippen molar-refractivity contribution >= 4 is 0 Å². The minimum atomic E-state index is -0.279. The van der Waals surface area contributed by atoms with Crippen LogP contribution in [0.3, 0.4) is 0 Å². The third-order valence-corrected chi connectivity index (χ3v) is 2.08. The maximum atomic E-state index is 13.4. The lowest BCUT2D eigenvalue weighted by molar-refractivity contribution is 0.630. The van der Waals surface area contributed by atoms with E-state index in [-0.39, 0.29) is 5.82 Å². The summed E-state index contributed by atoms with van der Waals surface area (Å²) in [6, 6.07) is 9.98. The van der Waals surface area contributed by atoms with E-state index in [2.05, 4.69) is 10.9 Å². The van der Waals surface area contributed by atoms with Crippen LogP contribution in [0.4, 0.5) is 4.39 Å². The Morgan fingerprint density at radius 2 is 1.93 bits per heavy atom. The first-order valence-electron chi connectivity index (χ1n) is 4.49. The van der Waals surface area contributed by atoms with Crippen molar-refractivity contribution in [1.29, 1.82) is 0 Å². The van der Waals surface area contributed by atoms with Crippen LogP contribution < -0.4 is 0 Å². The summed E-state index contributed by atoms with van der Waals surface area (Å²) in [6.45, 7) is 0. The molecule has 15 heavy (non-hydrogen) atoms. The highest BCUT2D eigenvalue weighted by Gasteiger charge is 2.04. The van der Waals surface area contributed by atoms with Crippen molar-refractivity contribution in [3.05, 3.63) is 54.0 Å². The van der Waals surface area contributed by atoms with Crippen molar-refractivity contribution in [2.75, 3.05) is 0 Å². The average Bonchev–Trinajstić information content (AvgIpc) is 2.30. The molecular weight excluding hydrogens is 189 g/mol. The molecule has 0 spiro atoms. The lowest BCUT2D eigenvalue weighted by Gasteiger charge is -2.01. The Morgan fingerprint density at radius 1 is 1.13 bits per heavy atom. The second kappa shape index (κ2) is 3.93. The van der Waals surface area contributed by atoms with Crippen LogP contribution in [0.1, 0.15) is 5.56 Å². The molecule has 0 unspecified atom stereocenters. The highest BCUT2D eigenvalue weighted by Crippen LogP contribution is 2.19. The zero-order valence-electron chi connectivity index (χ0n) is 7.94. The topological polar surface area (TPSA) is 12.9 Å². The van der Waals surface area contributed by atoms with Crippen molar-refractivity contribution in [2.24, 2.45) is 0 Å². The summed E-state index contributed by atoms with van der Waals surface area (Å²) >= 11 is 0. The van der Waals surface area contributed by atoms with Crippen LogP contribution in [-0.2, 0) is 0 Å². The number of halogens is 1. The molecule has 0 saturated carbocycles. The molecule has 1 nitrogen and oxygen atoms in total. The molecule has 0 bridgehead atoms. The molecule has 0 radical (unpaired) electrons. The number of nitrogens with zero attached hydrogens (tertiary/aromatic N) is 1. The van der Waals surface area contributed by atoms with Crippen LogP contribution in [0.5, 0.6) is 0 Å². The number of hydrogen-bond donors (Lipinski definition) is 0. The number of pyridine rings is 1. The third-order valence-electron chi connectivity index (χ3n) is 2.08. The first kappa shape index (κ1) is 9.42. The van der Waals surface area contributed by atoms with E-state index in [1.54, 1.807) is 36.5 Å². The fourth-order valence-electron chi connectivity index (χ4n) is 1.31. The Labute approximate surface area is 87.6 Å². The van der Waals surface area contributed by atoms with Crippen molar-refractivity contribution < 1.29 is 4.39 Å². The van der Waals surface area contributed by atoms with Gasteiger partial charge in [-0.2, -0.15) is 0 Å². The van der Waals surface area contributed by atoms with Gasteiger partial charge >= 0.3 is 0 Å². The van der Waals surface area contributed by atoms with Crippen LogP contribution in [0.25, 0.3) is 11.3 Å². The molecule has 2 aromatic rings. The van der Waals surface area contributed by atoms with E-state index in [1.165, 1.54) is 6.07 Å². The average molecular weight is 197 g/mol. The SMILES string of the molecule is C#Cc1ccc(-c2ccccc2F)nc1. The van der Waals surface area contributed by atoms with E-state index in [1.807, 2.05) is 0 Å². The molecule has 0 aliphatic heterocycles. The van der Waals surface area contributed by atoms with Crippen molar-refractivity contribution in [2.45, 2.75) is 0 Å². The predicted molar refractivity (Wildman–Crippen MR) is 57.6 cm³/mol. The van der Waals surface area contributed by atoms with E-state index in [0.717, 1.165) is 0 Å². The molecule has 0 aliphatic carbocycles. The minimum Gasteiger partial charge on any atom is -0.255 e. The Morgan fingerprint density at radius 3 is 2.53 bits per heavy atom. The minimum absolute atomic E-state index is 0.279. The van der Waals surface area contributed by atoms with E-state index in [0.29, 0.717) is 16.8 Å². The predicted octanol–water partition coefficient (Wildman–Crippen LogP) is 2.87. The molecule has 0 amide bonds. The Balaban J connectivity index is 2.47. The zero-order valence-corrected chi connectivity index (χ0v) is 7.94. The van der Waals surface area contributed by atoms with Crippen LogP contribution in [0, 0.1) is 18.2 Å². The van der Waals surface area contributed by atoms with Gasteiger partial charge in [-0.15, -0.1) is 6.42 Å².